The number of amides is 1. The quantitative estimate of drug-likeness (QED) is 0.201. The lowest BCUT2D eigenvalue weighted by Crippen LogP contribution is -2.19. The predicted molar refractivity (Wildman–Crippen MR) is 133 cm³/mol. The van der Waals surface area contributed by atoms with Crippen molar-refractivity contribution in [3.8, 4) is 5.75 Å². The number of hydrazone groups is 1. The molecule has 1 N–H and O–H groups in total. The Hall–Kier alpha value is -2.88. The van der Waals surface area contributed by atoms with Gasteiger partial charge in [-0.3, -0.25) is 4.79 Å². The van der Waals surface area contributed by atoms with E-state index in [2.05, 4.69) is 57.1 Å². The molecule has 1 heterocycles. The first-order valence-electron chi connectivity index (χ1n) is 9.73. The van der Waals surface area contributed by atoms with Gasteiger partial charge in [0.05, 0.1) is 19.1 Å². The van der Waals surface area contributed by atoms with E-state index >= 15 is 0 Å². The number of methoxy groups -OCH3 is 1. The first-order valence-corrected chi connectivity index (χ1v) is 12.5. The Morgan fingerprint density at radius 3 is 2.66 bits per heavy atom. The van der Waals surface area contributed by atoms with Crippen LogP contribution in [0.5, 0.6) is 5.75 Å². The summed E-state index contributed by atoms with van der Waals surface area (Å²) in [5.74, 6) is 1.52. The number of nitrogens with one attached hydrogen (secondary N) is 1. The molecule has 0 aliphatic carbocycles. The lowest BCUT2D eigenvalue weighted by Gasteiger charge is -2.04. The molecule has 0 fully saturated rings. The molecule has 1 aromatic heterocycles. The molecule has 4 rings (SSSR count). The molecular formula is C23H20N4O2S3. The van der Waals surface area contributed by atoms with E-state index in [1.807, 2.05) is 30.3 Å². The van der Waals surface area contributed by atoms with Gasteiger partial charge in [0.2, 0.25) is 0 Å². The number of para-hydroxylation sites is 1. The smallest absolute Gasteiger partial charge is 0.250 e. The molecule has 1 amide bonds. The standard InChI is InChI=1S/C23H20N4O2S3/c1-29-20-12-5-3-8-17(20)13-24-25-21(28)15-31-23-27-26-22(32-23)30-14-18-10-6-9-16-7-2-4-11-19(16)18/h2-13H,14-15H2,1H3,(H,25,28)/b24-13-. The summed E-state index contributed by atoms with van der Waals surface area (Å²) in [6.07, 6.45) is 1.56. The van der Waals surface area contributed by atoms with Crippen molar-refractivity contribution < 1.29 is 9.53 Å². The fourth-order valence-corrected chi connectivity index (χ4v) is 5.79. The van der Waals surface area contributed by atoms with Crippen molar-refractivity contribution in [2.24, 2.45) is 5.10 Å². The molecule has 0 aliphatic rings. The van der Waals surface area contributed by atoms with Gasteiger partial charge in [-0.15, -0.1) is 10.2 Å². The van der Waals surface area contributed by atoms with Crippen LogP contribution in [0.25, 0.3) is 10.8 Å². The van der Waals surface area contributed by atoms with Gasteiger partial charge in [0, 0.05) is 11.3 Å². The average Bonchev–Trinajstić information content (AvgIpc) is 3.29. The number of carbonyl (C=O) groups is 1. The highest BCUT2D eigenvalue weighted by Crippen LogP contribution is 2.32. The van der Waals surface area contributed by atoms with Crippen molar-refractivity contribution in [1.29, 1.82) is 0 Å². The lowest BCUT2D eigenvalue weighted by atomic mass is 10.1. The van der Waals surface area contributed by atoms with Gasteiger partial charge in [-0.2, -0.15) is 5.10 Å². The van der Waals surface area contributed by atoms with Gasteiger partial charge in [0.25, 0.3) is 5.91 Å². The zero-order valence-corrected chi connectivity index (χ0v) is 19.7. The van der Waals surface area contributed by atoms with Gasteiger partial charge in [0.15, 0.2) is 8.68 Å². The van der Waals surface area contributed by atoms with E-state index in [9.17, 15) is 4.79 Å². The van der Waals surface area contributed by atoms with Crippen molar-refractivity contribution in [2.45, 2.75) is 14.4 Å². The molecule has 0 aliphatic heterocycles. The summed E-state index contributed by atoms with van der Waals surface area (Å²) in [5.41, 5.74) is 4.59. The molecule has 0 bridgehead atoms. The van der Waals surface area contributed by atoms with Gasteiger partial charge < -0.3 is 4.74 Å². The molecule has 0 saturated heterocycles. The molecule has 6 nitrogen and oxygen atoms in total. The van der Waals surface area contributed by atoms with Crippen LogP contribution < -0.4 is 10.2 Å². The van der Waals surface area contributed by atoms with Gasteiger partial charge >= 0.3 is 0 Å². The summed E-state index contributed by atoms with van der Waals surface area (Å²) in [6.45, 7) is 0. The Labute approximate surface area is 198 Å². The van der Waals surface area contributed by atoms with Crippen LogP contribution in [0.3, 0.4) is 0 Å². The minimum Gasteiger partial charge on any atom is -0.496 e. The molecule has 0 unspecified atom stereocenters. The van der Waals surface area contributed by atoms with E-state index in [0.29, 0.717) is 5.75 Å². The predicted octanol–water partition coefficient (Wildman–Crippen LogP) is 5.23. The fourth-order valence-electron chi connectivity index (χ4n) is 2.98. The molecule has 162 valence electrons. The minimum atomic E-state index is -0.207. The van der Waals surface area contributed by atoms with Gasteiger partial charge in [-0.1, -0.05) is 89.5 Å². The zero-order chi connectivity index (χ0) is 22.2. The summed E-state index contributed by atoms with van der Waals surface area (Å²) < 4.78 is 6.90. The van der Waals surface area contributed by atoms with Crippen LogP contribution in [-0.2, 0) is 10.5 Å². The van der Waals surface area contributed by atoms with E-state index in [-0.39, 0.29) is 11.7 Å². The summed E-state index contributed by atoms with van der Waals surface area (Å²) in [4.78, 5) is 12.1. The van der Waals surface area contributed by atoms with Crippen LogP contribution in [0.2, 0.25) is 0 Å². The first-order chi connectivity index (χ1) is 15.7. The van der Waals surface area contributed by atoms with Crippen molar-refractivity contribution in [2.75, 3.05) is 12.9 Å². The second-order valence-electron chi connectivity index (χ2n) is 6.58. The second-order valence-corrected chi connectivity index (χ2v) is 10.0. The van der Waals surface area contributed by atoms with E-state index in [1.54, 1.807) is 25.1 Å². The van der Waals surface area contributed by atoms with Crippen molar-refractivity contribution in [3.05, 3.63) is 77.9 Å². The second kappa shape index (κ2) is 11.1. The number of ether oxygens (including phenoxy) is 1. The highest BCUT2D eigenvalue weighted by molar-refractivity contribution is 8.03. The Kier molecular flexibility index (Phi) is 7.76. The molecular weight excluding hydrogens is 460 g/mol. The largest absolute Gasteiger partial charge is 0.496 e. The van der Waals surface area contributed by atoms with E-state index in [0.717, 1.165) is 20.0 Å². The topological polar surface area (TPSA) is 76.5 Å². The van der Waals surface area contributed by atoms with Crippen LogP contribution in [0.15, 0.2) is 80.5 Å². The molecule has 0 atom stereocenters. The summed E-state index contributed by atoms with van der Waals surface area (Å²) in [7, 11) is 1.60. The third-order valence-corrected chi connectivity index (χ3v) is 7.72. The third-order valence-electron chi connectivity index (χ3n) is 4.48. The molecule has 0 saturated carbocycles. The number of hydrogen-bond donors (Lipinski definition) is 1. The van der Waals surface area contributed by atoms with Crippen molar-refractivity contribution in [3.63, 3.8) is 0 Å². The minimum absolute atomic E-state index is 0.207. The number of carbonyl (C=O) groups excluding carboxylic acids is 1. The van der Waals surface area contributed by atoms with Crippen LogP contribution in [0.1, 0.15) is 11.1 Å². The highest BCUT2D eigenvalue weighted by atomic mass is 32.2. The Morgan fingerprint density at radius 1 is 1.03 bits per heavy atom. The van der Waals surface area contributed by atoms with Crippen molar-refractivity contribution in [1.82, 2.24) is 15.6 Å². The molecule has 9 heteroatoms. The maximum absolute atomic E-state index is 12.1. The number of fused-ring (bicyclic) bond motifs is 1. The maximum atomic E-state index is 12.1. The van der Waals surface area contributed by atoms with Crippen LogP contribution in [0.4, 0.5) is 0 Å². The lowest BCUT2D eigenvalue weighted by molar-refractivity contribution is -0.118. The number of nitrogens with zero attached hydrogens (tertiary/aromatic N) is 3. The Morgan fingerprint density at radius 2 is 1.78 bits per heavy atom. The van der Waals surface area contributed by atoms with Gasteiger partial charge in [-0.25, -0.2) is 5.43 Å². The number of hydrogen-bond acceptors (Lipinski definition) is 8. The monoisotopic (exact) mass is 480 g/mol. The van der Waals surface area contributed by atoms with Crippen LogP contribution >= 0.6 is 34.9 Å². The maximum Gasteiger partial charge on any atom is 0.250 e. The molecule has 32 heavy (non-hydrogen) atoms. The Balaban J connectivity index is 1.26. The average molecular weight is 481 g/mol. The van der Waals surface area contributed by atoms with Gasteiger partial charge in [0.1, 0.15) is 5.75 Å². The molecule has 0 spiro atoms. The van der Waals surface area contributed by atoms with Crippen LogP contribution in [-0.4, -0.2) is 35.2 Å². The Bertz CT molecular complexity index is 1240. The summed E-state index contributed by atoms with van der Waals surface area (Å²) >= 11 is 4.50. The number of aromatic nitrogens is 2. The summed E-state index contributed by atoms with van der Waals surface area (Å²) in [5, 5.41) is 14.9. The van der Waals surface area contributed by atoms with E-state index in [4.69, 9.17) is 4.74 Å². The molecule has 0 radical (unpaired) electrons. The normalized spacial score (nSPS) is 11.2. The number of rotatable bonds is 9. The SMILES string of the molecule is COc1ccccc1/C=N\NC(=O)CSc1nnc(SCc2cccc3ccccc23)s1. The number of benzene rings is 3. The fraction of sp³-hybridized carbons (Fsp3) is 0.130. The molecule has 3 aromatic carbocycles. The molecule has 4 aromatic rings. The first kappa shape index (κ1) is 22.3. The van der Waals surface area contributed by atoms with E-state index < -0.39 is 0 Å². The van der Waals surface area contributed by atoms with Gasteiger partial charge in [-0.05, 0) is 28.5 Å². The summed E-state index contributed by atoms with van der Waals surface area (Å²) in [6, 6.07) is 22.2. The highest BCUT2D eigenvalue weighted by Gasteiger charge is 2.09. The van der Waals surface area contributed by atoms with E-state index in [1.165, 1.54) is 39.4 Å². The van der Waals surface area contributed by atoms with Crippen LogP contribution in [0, 0.1) is 0 Å². The third kappa shape index (κ3) is 5.87. The van der Waals surface area contributed by atoms with Crippen molar-refractivity contribution >= 4 is 57.8 Å². The zero-order valence-electron chi connectivity index (χ0n) is 17.2. The number of thioether (sulfide) groups is 2.